The maximum absolute atomic E-state index is 12.1. The van der Waals surface area contributed by atoms with Gasteiger partial charge < -0.3 is 19.4 Å². The van der Waals surface area contributed by atoms with Crippen molar-refractivity contribution in [3.05, 3.63) is 35.9 Å². The van der Waals surface area contributed by atoms with Crippen LogP contribution in [0.4, 0.5) is 0 Å². The van der Waals surface area contributed by atoms with E-state index < -0.39 is 0 Å². The Labute approximate surface area is 145 Å². The van der Waals surface area contributed by atoms with Crippen LogP contribution >= 0.6 is 0 Å². The second kappa shape index (κ2) is 6.68. The molecule has 0 spiro atoms. The molecule has 2 aliphatic heterocycles. The number of aromatic nitrogens is 2. The van der Waals surface area contributed by atoms with Gasteiger partial charge in [-0.2, -0.15) is 0 Å². The number of carbonyl (C=O) groups is 1. The van der Waals surface area contributed by atoms with Gasteiger partial charge in [-0.1, -0.05) is 0 Å². The highest BCUT2D eigenvalue weighted by Crippen LogP contribution is 2.20. The summed E-state index contributed by atoms with van der Waals surface area (Å²) in [6.07, 6.45) is 2.51. The van der Waals surface area contributed by atoms with Gasteiger partial charge in [0.2, 0.25) is 0 Å². The van der Waals surface area contributed by atoms with E-state index in [2.05, 4.69) is 14.9 Å². The summed E-state index contributed by atoms with van der Waals surface area (Å²) < 4.78 is 10.6. The number of imidazole rings is 1. The van der Waals surface area contributed by atoms with Gasteiger partial charge in [0.15, 0.2) is 5.78 Å². The SMILES string of the molecule is COc1ccc2nc(CC3=NC(N4CCOCC4)=CC(=O)C3)[nH]c2c1. The molecule has 1 saturated heterocycles. The Kier molecular flexibility index (Phi) is 4.23. The number of fused-ring (bicyclic) bond motifs is 1. The van der Waals surface area contributed by atoms with Gasteiger partial charge in [-0.25, -0.2) is 9.98 Å². The molecule has 2 aliphatic rings. The minimum Gasteiger partial charge on any atom is -0.497 e. The summed E-state index contributed by atoms with van der Waals surface area (Å²) in [6.45, 7) is 2.87. The summed E-state index contributed by atoms with van der Waals surface area (Å²) >= 11 is 0. The van der Waals surface area contributed by atoms with Crippen LogP contribution in [0.5, 0.6) is 5.75 Å². The largest absolute Gasteiger partial charge is 0.497 e. The van der Waals surface area contributed by atoms with Gasteiger partial charge in [0.05, 0.1) is 31.4 Å². The standard InChI is InChI=1S/C18H20N4O3/c1-24-14-2-3-15-16(11-14)21-17(20-15)9-12-8-13(23)10-18(19-12)22-4-6-25-7-5-22/h2-3,10-11H,4-9H2,1H3,(H,20,21). The van der Waals surface area contributed by atoms with Crippen molar-refractivity contribution in [3.63, 3.8) is 0 Å². The van der Waals surface area contributed by atoms with Crippen molar-refractivity contribution in [3.8, 4) is 5.75 Å². The number of hydrogen-bond donors (Lipinski definition) is 1. The third kappa shape index (κ3) is 3.41. The Morgan fingerprint density at radius 2 is 2.16 bits per heavy atom. The lowest BCUT2D eigenvalue weighted by Gasteiger charge is -2.30. The first kappa shape index (κ1) is 15.8. The summed E-state index contributed by atoms with van der Waals surface area (Å²) in [5.74, 6) is 2.42. The number of ether oxygens (including phenoxy) is 2. The number of methoxy groups -OCH3 is 1. The molecule has 1 aromatic carbocycles. The highest BCUT2D eigenvalue weighted by Gasteiger charge is 2.21. The van der Waals surface area contributed by atoms with Gasteiger partial charge >= 0.3 is 0 Å². The Morgan fingerprint density at radius 3 is 2.96 bits per heavy atom. The fraction of sp³-hybridized carbons (Fsp3) is 0.389. The molecule has 1 N–H and O–H groups in total. The van der Waals surface area contributed by atoms with Gasteiger partial charge in [-0.3, -0.25) is 4.79 Å². The number of nitrogens with zero attached hydrogens (tertiary/aromatic N) is 3. The number of nitrogens with one attached hydrogen (secondary N) is 1. The molecule has 3 heterocycles. The lowest BCUT2D eigenvalue weighted by atomic mass is 10.1. The Balaban J connectivity index is 1.55. The molecule has 0 radical (unpaired) electrons. The first-order valence-electron chi connectivity index (χ1n) is 8.37. The lowest BCUT2D eigenvalue weighted by molar-refractivity contribution is -0.113. The van der Waals surface area contributed by atoms with Crippen molar-refractivity contribution in [1.29, 1.82) is 0 Å². The smallest absolute Gasteiger partial charge is 0.164 e. The molecule has 0 aliphatic carbocycles. The Hall–Kier alpha value is -2.67. The van der Waals surface area contributed by atoms with E-state index in [0.717, 1.165) is 47.2 Å². The van der Waals surface area contributed by atoms with Crippen molar-refractivity contribution < 1.29 is 14.3 Å². The first-order valence-corrected chi connectivity index (χ1v) is 8.37. The average Bonchev–Trinajstić information content (AvgIpc) is 3.03. The van der Waals surface area contributed by atoms with Crippen LogP contribution in [0.25, 0.3) is 11.0 Å². The highest BCUT2D eigenvalue weighted by atomic mass is 16.5. The van der Waals surface area contributed by atoms with Gasteiger partial charge in [-0.05, 0) is 12.1 Å². The summed E-state index contributed by atoms with van der Waals surface area (Å²) in [5.41, 5.74) is 2.63. The minimum absolute atomic E-state index is 0.0873. The summed E-state index contributed by atoms with van der Waals surface area (Å²) in [4.78, 5) is 26.8. The topological polar surface area (TPSA) is 79.8 Å². The molecular weight excluding hydrogens is 320 g/mol. The van der Waals surface area contributed by atoms with Gasteiger partial charge in [0.1, 0.15) is 17.4 Å². The molecule has 0 amide bonds. The molecule has 4 rings (SSSR count). The number of allylic oxidation sites excluding steroid dienone is 1. The Bertz CT molecular complexity index is 862. The van der Waals surface area contributed by atoms with E-state index in [0.29, 0.717) is 26.1 Å². The molecule has 25 heavy (non-hydrogen) atoms. The summed E-state index contributed by atoms with van der Waals surface area (Å²) in [7, 11) is 1.64. The Morgan fingerprint density at radius 1 is 1.32 bits per heavy atom. The summed E-state index contributed by atoms with van der Waals surface area (Å²) in [6, 6.07) is 5.72. The fourth-order valence-corrected chi connectivity index (χ4v) is 3.13. The van der Waals surface area contributed by atoms with Crippen LogP contribution in [0, 0.1) is 0 Å². The van der Waals surface area contributed by atoms with Crippen LogP contribution in [-0.4, -0.2) is 59.8 Å². The molecule has 0 bridgehead atoms. The number of morpholine rings is 1. The first-order chi connectivity index (χ1) is 12.2. The van der Waals surface area contributed by atoms with Crippen LogP contribution in [0.2, 0.25) is 0 Å². The molecule has 0 unspecified atom stereocenters. The normalized spacial score (nSPS) is 18.3. The highest BCUT2D eigenvalue weighted by molar-refractivity contribution is 6.09. The maximum atomic E-state index is 12.1. The molecular formula is C18H20N4O3. The van der Waals surface area contributed by atoms with E-state index in [1.165, 1.54) is 0 Å². The van der Waals surface area contributed by atoms with Crippen molar-refractivity contribution in [2.75, 3.05) is 33.4 Å². The molecule has 7 heteroatoms. The zero-order valence-electron chi connectivity index (χ0n) is 14.1. The predicted molar refractivity (Wildman–Crippen MR) is 93.9 cm³/mol. The van der Waals surface area contributed by atoms with E-state index in [-0.39, 0.29) is 5.78 Å². The van der Waals surface area contributed by atoms with Gasteiger partial charge in [0.25, 0.3) is 0 Å². The number of ketones is 1. The van der Waals surface area contributed by atoms with E-state index in [4.69, 9.17) is 14.5 Å². The molecule has 1 fully saturated rings. The van der Waals surface area contributed by atoms with Crippen molar-refractivity contribution >= 4 is 22.5 Å². The number of aliphatic imine (C=N–C) groups is 1. The van der Waals surface area contributed by atoms with Crippen LogP contribution < -0.4 is 4.74 Å². The molecule has 1 aromatic heterocycles. The minimum atomic E-state index is 0.0873. The number of hydrogen-bond acceptors (Lipinski definition) is 6. The second-order valence-electron chi connectivity index (χ2n) is 6.17. The molecule has 7 nitrogen and oxygen atoms in total. The van der Waals surface area contributed by atoms with E-state index in [9.17, 15) is 4.79 Å². The van der Waals surface area contributed by atoms with Crippen LogP contribution in [0.3, 0.4) is 0 Å². The zero-order valence-corrected chi connectivity index (χ0v) is 14.1. The lowest BCUT2D eigenvalue weighted by Crippen LogP contribution is -2.36. The average molecular weight is 340 g/mol. The molecule has 130 valence electrons. The second-order valence-corrected chi connectivity index (χ2v) is 6.17. The fourth-order valence-electron chi connectivity index (χ4n) is 3.13. The van der Waals surface area contributed by atoms with Gasteiger partial charge in [-0.15, -0.1) is 0 Å². The van der Waals surface area contributed by atoms with Crippen molar-refractivity contribution in [1.82, 2.24) is 14.9 Å². The van der Waals surface area contributed by atoms with E-state index in [1.54, 1.807) is 13.2 Å². The van der Waals surface area contributed by atoms with Crippen LogP contribution in [-0.2, 0) is 16.0 Å². The van der Waals surface area contributed by atoms with E-state index in [1.807, 2.05) is 18.2 Å². The number of aromatic amines is 1. The predicted octanol–water partition coefficient (Wildman–Crippen LogP) is 1.70. The number of carbonyl (C=O) groups excluding carboxylic acids is 1. The quantitative estimate of drug-likeness (QED) is 0.916. The van der Waals surface area contributed by atoms with Crippen molar-refractivity contribution in [2.45, 2.75) is 12.8 Å². The monoisotopic (exact) mass is 340 g/mol. The zero-order chi connectivity index (χ0) is 17.2. The third-order valence-electron chi connectivity index (χ3n) is 4.39. The molecule has 0 atom stereocenters. The number of H-pyrrole nitrogens is 1. The van der Waals surface area contributed by atoms with Crippen LogP contribution in [0.1, 0.15) is 12.2 Å². The van der Waals surface area contributed by atoms with E-state index >= 15 is 0 Å². The van der Waals surface area contributed by atoms with Crippen molar-refractivity contribution in [2.24, 2.45) is 4.99 Å². The third-order valence-corrected chi connectivity index (χ3v) is 4.39. The van der Waals surface area contributed by atoms with Crippen LogP contribution in [0.15, 0.2) is 35.1 Å². The van der Waals surface area contributed by atoms with Gasteiger partial charge in [0, 0.05) is 43.8 Å². The number of benzene rings is 1. The molecule has 0 saturated carbocycles. The molecule has 2 aromatic rings. The number of rotatable bonds is 4. The maximum Gasteiger partial charge on any atom is 0.164 e. The summed E-state index contributed by atoms with van der Waals surface area (Å²) in [5, 5.41) is 0.